The van der Waals surface area contributed by atoms with E-state index in [0.717, 1.165) is 37.7 Å². The minimum Gasteiger partial charge on any atom is -0.354 e. The number of halogens is 1. The summed E-state index contributed by atoms with van der Waals surface area (Å²) in [4.78, 5) is 12.6. The summed E-state index contributed by atoms with van der Waals surface area (Å²) in [5.74, 6) is 0.0185. The molecule has 0 aromatic heterocycles. The van der Waals surface area contributed by atoms with Gasteiger partial charge in [0.15, 0.2) is 0 Å². The molecule has 0 spiro atoms. The van der Waals surface area contributed by atoms with Crippen molar-refractivity contribution in [3.05, 3.63) is 34.9 Å². The van der Waals surface area contributed by atoms with E-state index in [1.807, 2.05) is 12.1 Å². The number of carbonyl (C=O) groups excluding carboxylic acids is 1. The van der Waals surface area contributed by atoms with Gasteiger partial charge in [-0.15, -0.1) is 0 Å². The van der Waals surface area contributed by atoms with Crippen LogP contribution in [0.2, 0.25) is 5.02 Å². The van der Waals surface area contributed by atoms with E-state index >= 15 is 0 Å². The van der Waals surface area contributed by atoms with E-state index < -0.39 is 10.0 Å². The van der Waals surface area contributed by atoms with Crippen LogP contribution in [0.1, 0.15) is 43.6 Å². The highest BCUT2D eigenvalue weighted by molar-refractivity contribution is 7.89. The Bertz CT molecular complexity index is 696. The van der Waals surface area contributed by atoms with Gasteiger partial charge < -0.3 is 5.32 Å². The summed E-state index contributed by atoms with van der Waals surface area (Å²) in [6.07, 6.45) is 5.00. The molecule has 1 amide bonds. The Labute approximate surface area is 154 Å². The fourth-order valence-corrected chi connectivity index (χ4v) is 4.98. The van der Waals surface area contributed by atoms with Gasteiger partial charge in [0.25, 0.3) is 0 Å². The first-order valence-electron chi connectivity index (χ1n) is 8.98. The maximum Gasteiger partial charge on any atom is 0.227 e. The fraction of sp³-hybridized carbons (Fsp3) is 0.611. The first-order chi connectivity index (χ1) is 12.0. The zero-order valence-electron chi connectivity index (χ0n) is 14.3. The largest absolute Gasteiger partial charge is 0.354 e. The van der Waals surface area contributed by atoms with Crippen molar-refractivity contribution in [1.82, 2.24) is 9.62 Å². The SMILES string of the molecule is O=C(NCCS(=O)(=O)N1CCCCC1)C(c1ccc(Cl)cc1)C1CC1. The molecule has 1 aliphatic heterocycles. The van der Waals surface area contributed by atoms with Gasteiger partial charge in [-0.25, -0.2) is 12.7 Å². The first kappa shape index (κ1) is 18.7. The monoisotopic (exact) mass is 384 g/mol. The number of piperidine rings is 1. The molecule has 1 aromatic rings. The molecule has 1 unspecified atom stereocenters. The lowest BCUT2D eigenvalue weighted by Gasteiger charge is -2.26. The molecule has 1 heterocycles. The van der Waals surface area contributed by atoms with Crippen molar-refractivity contribution in [3.8, 4) is 0 Å². The third-order valence-electron chi connectivity index (χ3n) is 4.97. The van der Waals surface area contributed by atoms with Crippen LogP contribution < -0.4 is 5.32 Å². The molecule has 138 valence electrons. The van der Waals surface area contributed by atoms with Gasteiger partial charge in [0.1, 0.15) is 0 Å². The zero-order valence-corrected chi connectivity index (χ0v) is 15.9. The number of benzene rings is 1. The molecule has 25 heavy (non-hydrogen) atoms. The van der Waals surface area contributed by atoms with Gasteiger partial charge in [-0.3, -0.25) is 4.79 Å². The van der Waals surface area contributed by atoms with Crippen molar-refractivity contribution in [2.45, 2.75) is 38.0 Å². The number of hydrogen-bond acceptors (Lipinski definition) is 3. The number of amides is 1. The van der Waals surface area contributed by atoms with E-state index in [-0.39, 0.29) is 24.1 Å². The molecule has 1 atom stereocenters. The van der Waals surface area contributed by atoms with Crippen LogP contribution in [0.15, 0.2) is 24.3 Å². The van der Waals surface area contributed by atoms with Crippen LogP contribution in [-0.2, 0) is 14.8 Å². The highest BCUT2D eigenvalue weighted by atomic mass is 35.5. The number of nitrogens with zero attached hydrogens (tertiary/aromatic N) is 1. The van der Waals surface area contributed by atoms with Crippen LogP contribution in [-0.4, -0.2) is 44.0 Å². The van der Waals surface area contributed by atoms with Gasteiger partial charge in [0, 0.05) is 24.7 Å². The Kier molecular flexibility index (Phi) is 6.02. The number of carbonyl (C=O) groups is 1. The van der Waals surface area contributed by atoms with Crippen LogP contribution in [0.25, 0.3) is 0 Å². The maximum atomic E-state index is 12.6. The second-order valence-corrected chi connectivity index (χ2v) is 9.46. The molecular weight excluding hydrogens is 360 g/mol. The van der Waals surface area contributed by atoms with Crippen molar-refractivity contribution < 1.29 is 13.2 Å². The Morgan fingerprint density at radius 2 is 1.80 bits per heavy atom. The molecule has 7 heteroatoms. The van der Waals surface area contributed by atoms with Gasteiger partial charge in [-0.2, -0.15) is 0 Å². The normalized spacial score (nSPS) is 20.2. The average Bonchev–Trinajstić information content (AvgIpc) is 3.42. The molecule has 0 bridgehead atoms. The van der Waals surface area contributed by atoms with Crippen molar-refractivity contribution in [2.24, 2.45) is 5.92 Å². The first-order valence-corrected chi connectivity index (χ1v) is 11.0. The Morgan fingerprint density at radius 3 is 2.40 bits per heavy atom. The Morgan fingerprint density at radius 1 is 1.16 bits per heavy atom. The molecule has 5 nitrogen and oxygen atoms in total. The highest BCUT2D eigenvalue weighted by Gasteiger charge is 2.37. The molecule has 1 N–H and O–H groups in total. The number of hydrogen-bond donors (Lipinski definition) is 1. The molecule has 2 aliphatic rings. The molecule has 2 fully saturated rings. The Balaban J connectivity index is 1.56. The van der Waals surface area contributed by atoms with Crippen LogP contribution in [0, 0.1) is 5.92 Å². The van der Waals surface area contributed by atoms with Gasteiger partial charge in [-0.1, -0.05) is 30.2 Å². The second kappa shape index (κ2) is 8.06. The van der Waals surface area contributed by atoms with E-state index in [9.17, 15) is 13.2 Å². The van der Waals surface area contributed by atoms with Crippen LogP contribution in [0.5, 0.6) is 0 Å². The molecule has 1 aliphatic carbocycles. The number of rotatable bonds is 7. The standard InChI is InChI=1S/C18H25ClN2O3S/c19-16-8-6-15(7-9-16)17(14-4-5-14)18(22)20-10-13-25(23,24)21-11-2-1-3-12-21/h6-9,14,17H,1-5,10-13H2,(H,20,22). The zero-order chi connectivity index (χ0) is 17.9. The maximum absolute atomic E-state index is 12.6. The second-order valence-electron chi connectivity index (χ2n) is 6.93. The van der Waals surface area contributed by atoms with E-state index in [1.54, 1.807) is 16.4 Å². The van der Waals surface area contributed by atoms with E-state index in [4.69, 9.17) is 11.6 Å². The quantitative estimate of drug-likeness (QED) is 0.786. The van der Waals surface area contributed by atoms with Gasteiger partial charge >= 0.3 is 0 Å². The number of sulfonamides is 1. The molecule has 1 saturated carbocycles. The summed E-state index contributed by atoms with van der Waals surface area (Å²) in [6.45, 7) is 1.37. The fourth-order valence-electron chi connectivity index (χ4n) is 3.42. The minimum absolute atomic E-state index is 0.0310. The summed E-state index contributed by atoms with van der Waals surface area (Å²) in [5, 5.41) is 3.48. The third kappa shape index (κ3) is 4.96. The van der Waals surface area contributed by atoms with Crippen LogP contribution in [0.3, 0.4) is 0 Å². The predicted octanol–water partition coefficient (Wildman–Crippen LogP) is 2.77. The molecular formula is C18H25ClN2O3S. The molecule has 0 radical (unpaired) electrons. The van der Waals surface area contributed by atoms with E-state index in [1.165, 1.54) is 0 Å². The lowest BCUT2D eigenvalue weighted by molar-refractivity contribution is -0.122. The Hall–Kier alpha value is -1.11. The number of nitrogens with one attached hydrogen (secondary N) is 1. The van der Waals surface area contributed by atoms with E-state index in [0.29, 0.717) is 24.0 Å². The van der Waals surface area contributed by atoms with E-state index in [2.05, 4.69) is 5.32 Å². The summed E-state index contributed by atoms with van der Waals surface area (Å²) in [6, 6.07) is 7.35. The van der Waals surface area contributed by atoms with Crippen molar-refractivity contribution >= 4 is 27.5 Å². The summed E-state index contributed by atoms with van der Waals surface area (Å²) in [5.41, 5.74) is 0.947. The predicted molar refractivity (Wildman–Crippen MR) is 99.1 cm³/mol. The molecule has 1 aromatic carbocycles. The molecule has 3 rings (SSSR count). The van der Waals surface area contributed by atoms with Crippen LogP contribution in [0.4, 0.5) is 0 Å². The lowest BCUT2D eigenvalue weighted by atomic mass is 9.93. The van der Waals surface area contributed by atoms with Gasteiger partial charge in [0.05, 0.1) is 11.7 Å². The highest BCUT2D eigenvalue weighted by Crippen LogP contribution is 2.42. The lowest BCUT2D eigenvalue weighted by Crippen LogP contribution is -2.41. The van der Waals surface area contributed by atoms with Gasteiger partial charge in [0.2, 0.25) is 15.9 Å². The summed E-state index contributed by atoms with van der Waals surface area (Å²) < 4.78 is 26.3. The smallest absolute Gasteiger partial charge is 0.227 e. The van der Waals surface area contributed by atoms with Crippen molar-refractivity contribution in [2.75, 3.05) is 25.4 Å². The van der Waals surface area contributed by atoms with Crippen molar-refractivity contribution in [3.63, 3.8) is 0 Å². The summed E-state index contributed by atoms with van der Waals surface area (Å²) >= 11 is 5.93. The summed E-state index contributed by atoms with van der Waals surface area (Å²) in [7, 11) is -3.28. The topological polar surface area (TPSA) is 66.5 Å². The third-order valence-corrected chi connectivity index (χ3v) is 7.10. The average molecular weight is 385 g/mol. The van der Waals surface area contributed by atoms with Crippen LogP contribution >= 0.6 is 11.6 Å². The van der Waals surface area contributed by atoms with Crippen molar-refractivity contribution in [1.29, 1.82) is 0 Å². The van der Waals surface area contributed by atoms with Gasteiger partial charge in [-0.05, 0) is 49.3 Å². The minimum atomic E-state index is -3.28. The molecule has 1 saturated heterocycles.